The number of carbonyl (C=O) groups excluding carboxylic acids is 1. The third-order valence-electron chi connectivity index (χ3n) is 4.22. The minimum absolute atomic E-state index is 0.00460. The largest absolute Gasteiger partial charge is 0.480 e. The van der Waals surface area contributed by atoms with Gasteiger partial charge in [-0.25, -0.2) is 19.4 Å². The van der Waals surface area contributed by atoms with Crippen molar-refractivity contribution < 1.29 is 18.7 Å². The van der Waals surface area contributed by atoms with Crippen LogP contribution in [0.15, 0.2) is 35.6 Å². The Balaban J connectivity index is 1.90. The second-order valence-corrected chi connectivity index (χ2v) is 5.91. The Hall–Kier alpha value is -3.47. The Morgan fingerprint density at radius 1 is 1.44 bits per heavy atom. The highest BCUT2D eigenvalue weighted by atomic mass is 19.1. The smallest absolute Gasteiger partial charge is 0.283 e. The molecule has 3 rings (SSSR count). The third kappa shape index (κ3) is 3.72. The second-order valence-electron chi connectivity index (χ2n) is 5.91. The molecule has 2 aromatic rings. The molecule has 0 saturated carbocycles. The van der Waals surface area contributed by atoms with Crippen LogP contribution in [0.4, 0.5) is 4.39 Å². The summed E-state index contributed by atoms with van der Waals surface area (Å²) in [5.74, 6) is 2.04. The molecule has 0 bridgehead atoms. The van der Waals surface area contributed by atoms with Crippen molar-refractivity contribution in [3.05, 3.63) is 53.2 Å². The number of nitrogens with two attached hydrogens (primary N) is 1. The van der Waals surface area contributed by atoms with Crippen LogP contribution in [0.5, 0.6) is 5.88 Å². The summed E-state index contributed by atoms with van der Waals surface area (Å²) >= 11 is 0. The number of hydrogen-bond donors (Lipinski definition) is 1. The molecule has 138 valence electrons. The van der Waals surface area contributed by atoms with E-state index in [9.17, 15) is 9.18 Å². The van der Waals surface area contributed by atoms with Crippen molar-refractivity contribution >= 4 is 11.8 Å². The maximum atomic E-state index is 14.5. The average molecular weight is 368 g/mol. The highest BCUT2D eigenvalue weighted by Crippen LogP contribution is 2.34. The van der Waals surface area contributed by atoms with Crippen LogP contribution in [0.25, 0.3) is 0 Å². The van der Waals surface area contributed by atoms with Crippen molar-refractivity contribution in [3.8, 4) is 18.2 Å². The number of halogens is 1. The first kappa shape index (κ1) is 18.3. The molecule has 0 amide bonds. The van der Waals surface area contributed by atoms with E-state index in [-0.39, 0.29) is 42.5 Å². The lowest BCUT2D eigenvalue weighted by Gasteiger charge is -2.29. The van der Waals surface area contributed by atoms with Gasteiger partial charge in [0, 0.05) is 18.4 Å². The minimum Gasteiger partial charge on any atom is -0.480 e. The Bertz CT molecular complexity index is 937. The zero-order valence-electron chi connectivity index (χ0n) is 14.6. The molecule has 27 heavy (non-hydrogen) atoms. The third-order valence-corrected chi connectivity index (χ3v) is 4.22. The van der Waals surface area contributed by atoms with E-state index >= 15 is 0 Å². The molecule has 0 unspecified atom stereocenters. The number of aliphatic imine (C=N–C) groups is 1. The first-order valence-corrected chi connectivity index (χ1v) is 8.11. The van der Waals surface area contributed by atoms with Crippen LogP contribution in [-0.4, -0.2) is 35.5 Å². The molecule has 1 aromatic heterocycles. The van der Waals surface area contributed by atoms with Crippen molar-refractivity contribution in [1.29, 1.82) is 0 Å². The number of methoxy groups -OCH3 is 1. The molecule has 1 atom stereocenters. The van der Waals surface area contributed by atoms with Crippen molar-refractivity contribution in [2.75, 3.05) is 13.7 Å². The Labute approximate surface area is 155 Å². The van der Waals surface area contributed by atoms with Gasteiger partial charge in [-0.2, -0.15) is 0 Å². The molecule has 0 saturated heterocycles. The fraction of sp³-hybridized carbons (Fsp3) is 0.263. The van der Waals surface area contributed by atoms with E-state index in [1.165, 1.54) is 37.7 Å². The number of ether oxygens (including phenoxy) is 2. The van der Waals surface area contributed by atoms with Gasteiger partial charge < -0.3 is 15.2 Å². The number of carbonyl (C=O) groups is 1. The van der Waals surface area contributed by atoms with Crippen LogP contribution in [0, 0.1) is 18.2 Å². The number of amidine groups is 1. The van der Waals surface area contributed by atoms with Gasteiger partial charge in [0.1, 0.15) is 11.5 Å². The maximum absolute atomic E-state index is 14.5. The molecule has 2 N–H and O–H groups in total. The molecule has 1 aliphatic rings. The van der Waals surface area contributed by atoms with E-state index in [4.69, 9.17) is 21.6 Å². The SMILES string of the molecule is C#C[C@@]1(c2cc(CC(=O)c3cnc(OC)cn3)ccc2F)CCOC(N)=N1. The Kier molecular flexibility index (Phi) is 5.03. The quantitative estimate of drug-likeness (QED) is 0.636. The summed E-state index contributed by atoms with van der Waals surface area (Å²) in [4.78, 5) is 24.6. The van der Waals surface area contributed by atoms with Gasteiger partial charge in [0.05, 0.1) is 26.1 Å². The lowest BCUT2D eigenvalue weighted by Crippen LogP contribution is -2.35. The normalized spacial score (nSPS) is 18.8. The molecule has 0 aliphatic carbocycles. The predicted octanol–water partition coefficient (Wildman–Crippen LogP) is 1.61. The second kappa shape index (κ2) is 7.41. The lowest BCUT2D eigenvalue weighted by atomic mass is 9.86. The van der Waals surface area contributed by atoms with Gasteiger partial charge in [0.15, 0.2) is 11.3 Å². The molecular formula is C19H17FN4O3. The lowest BCUT2D eigenvalue weighted by molar-refractivity contribution is 0.0987. The summed E-state index contributed by atoms with van der Waals surface area (Å²) in [7, 11) is 1.46. The van der Waals surface area contributed by atoms with Gasteiger partial charge in [-0.15, -0.1) is 6.42 Å². The number of benzene rings is 1. The topological polar surface area (TPSA) is 99.7 Å². The molecular weight excluding hydrogens is 351 g/mol. The summed E-state index contributed by atoms with van der Waals surface area (Å²) < 4.78 is 24.5. The van der Waals surface area contributed by atoms with E-state index in [1.807, 2.05) is 0 Å². The summed E-state index contributed by atoms with van der Waals surface area (Å²) in [5, 5.41) is 0. The number of Topliss-reactive ketones (excluding diaryl/α,β-unsaturated/α-hetero) is 1. The fourth-order valence-corrected chi connectivity index (χ4v) is 2.80. The number of ketones is 1. The van der Waals surface area contributed by atoms with Crippen LogP contribution in [0.1, 0.15) is 28.0 Å². The monoisotopic (exact) mass is 368 g/mol. The standard InChI is InChI=1S/C19H17FN4O3/c1-3-19(6-7-27-18(21)24-19)13-8-12(4-5-14(13)20)9-16(25)15-10-23-17(26-2)11-22-15/h1,4-5,8,10-11H,6-7,9H2,2H3,(H2,21,24)/t19-/m0/s1. The number of nitrogens with zero attached hydrogens (tertiary/aromatic N) is 3. The van der Waals surface area contributed by atoms with Crippen molar-refractivity contribution in [1.82, 2.24) is 9.97 Å². The molecule has 1 aromatic carbocycles. The molecule has 0 radical (unpaired) electrons. The van der Waals surface area contributed by atoms with Gasteiger partial charge in [-0.05, 0) is 17.7 Å². The maximum Gasteiger partial charge on any atom is 0.283 e. The molecule has 0 spiro atoms. The number of aromatic nitrogens is 2. The Morgan fingerprint density at radius 3 is 2.89 bits per heavy atom. The first-order chi connectivity index (χ1) is 13.0. The zero-order chi connectivity index (χ0) is 19.4. The Morgan fingerprint density at radius 2 is 2.26 bits per heavy atom. The fourth-order valence-electron chi connectivity index (χ4n) is 2.80. The summed E-state index contributed by atoms with van der Waals surface area (Å²) in [6.07, 6.45) is 8.61. The summed E-state index contributed by atoms with van der Waals surface area (Å²) in [6, 6.07) is 4.22. The van der Waals surface area contributed by atoms with Gasteiger partial charge in [-0.1, -0.05) is 12.0 Å². The van der Waals surface area contributed by atoms with E-state index < -0.39 is 11.4 Å². The molecule has 2 heterocycles. The van der Waals surface area contributed by atoms with Gasteiger partial charge in [0.25, 0.3) is 6.02 Å². The molecule has 1 aliphatic heterocycles. The summed E-state index contributed by atoms with van der Waals surface area (Å²) in [6.45, 7) is 0.226. The van der Waals surface area contributed by atoms with Crippen LogP contribution in [0.3, 0.4) is 0 Å². The first-order valence-electron chi connectivity index (χ1n) is 8.11. The van der Waals surface area contributed by atoms with Gasteiger partial charge in [-0.3, -0.25) is 4.79 Å². The van der Waals surface area contributed by atoms with Crippen molar-refractivity contribution in [2.45, 2.75) is 18.4 Å². The number of rotatable bonds is 5. The molecule has 8 heteroatoms. The minimum atomic E-state index is -1.26. The van der Waals surface area contributed by atoms with Gasteiger partial charge in [0.2, 0.25) is 5.88 Å². The number of terminal acetylenes is 1. The zero-order valence-corrected chi connectivity index (χ0v) is 14.6. The average Bonchev–Trinajstić information content (AvgIpc) is 2.69. The van der Waals surface area contributed by atoms with E-state index in [2.05, 4.69) is 20.9 Å². The molecule has 0 fully saturated rings. The number of hydrogen-bond acceptors (Lipinski definition) is 7. The van der Waals surface area contributed by atoms with E-state index in [0.29, 0.717) is 11.4 Å². The van der Waals surface area contributed by atoms with E-state index in [0.717, 1.165) is 0 Å². The molecule has 7 nitrogen and oxygen atoms in total. The van der Waals surface area contributed by atoms with E-state index in [1.54, 1.807) is 0 Å². The highest BCUT2D eigenvalue weighted by molar-refractivity contribution is 5.95. The summed E-state index contributed by atoms with van der Waals surface area (Å²) in [5.41, 5.74) is 5.30. The van der Waals surface area contributed by atoms with Crippen LogP contribution < -0.4 is 10.5 Å². The van der Waals surface area contributed by atoms with Crippen LogP contribution in [0.2, 0.25) is 0 Å². The van der Waals surface area contributed by atoms with Crippen molar-refractivity contribution in [3.63, 3.8) is 0 Å². The van der Waals surface area contributed by atoms with Crippen molar-refractivity contribution in [2.24, 2.45) is 10.7 Å². The van der Waals surface area contributed by atoms with Gasteiger partial charge >= 0.3 is 0 Å². The van der Waals surface area contributed by atoms with Crippen LogP contribution >= 0.6 is 0 Å². The highest BCUT2D eigenvalue weighted by Gasteiger charge is 2.36. The van der Waals surface area contributed by atoms with Crippen LogP contribution in [-0.2, 0) is 16.7 Å². The predicted molar refractivity (Wildman–Crippen MR) is 95.7 cm³/mol.